The molecule has 30 heavy (non-hydrogen) atoms. The first-order chi connectivity index (χ1) is 14.6. The highest BCUT2D eigenvalue weighted by Gasteiger charge is 2.26. The molecule has 2 aromatic carbocycles. The fraction of sp³-hybridized carbons (Fsp3) is 0.360. The van der Waals surface area contributed by atoms with Crippen LogP contribution in [0.15, 0.2) is 42.5 Å². The van der Waals surface area contributed by atoms with Crippen LogP contribution in [0.2, 0.25) is 0 Å². The second-order valence-corrected chi connectivity index (χ2v) is 9.67. The number of rotatable bonds is 4. The molecule has 0 spiro atoms. The third kappa shape index (κ3) is 3.63. The Labute approximate surface area is 182 Å². The van der Waals surface area contributed by atoms with Gasteiger partial charge in [0.15, 0.2) is 5.13 Å². The van der Waals surface area contributed by atoms with Crippen molar-refractivity contribution >= 4 is 28.1 Å². The number of carbonyl (C=O) groups excluding carboxylic acids is 1. The minimum Gasteiger partial charge on any atom is -0.359 e. The number of aryl methyl sites for hydroxylation is 2. The zero-order valence-corrected chi connectivity index (χ0v) is 18.4. The van der Waals surface area contributed by atoms with E-state index in [9.17, 15) is 4.79 Å². The zero-order valence-electron chi connectivity index (χ0n) is 17.6. The van der Waals surface area contributed by atoms with Crippen molar-refractivity contribution in [2.75, 3.05) is 16.8 Å². The molecule has 1 N–H and O–H groups in total. The smallest absolute Gasteiger partial charge is 0.258 e. The Morgan fingerprint density at radius 1 is 1.13 bits per heavy atom. The van der Waals surface area contributed by atoms with Gasteiger partial charge in [-0.05, 0) is 62.9 Å². The highest BCUT2D eigenvalue weighted by atomic mass is 32.1. The lowest BCUT2D eigenvalue weighted by atomic mass is 10.1. The molecule has 2 heterocycles. The molecule has 0 saturated heterocycles. The number of benzene rings is 2. The summed E-state index contributed by atoms with van der Waals surface area (Å²) in [5, 5.41) is 4.66. The number of nitrogens with one attached hydrogen (secondary N) is 1. The molecular weight excluding hydrogens is 390 g/mol. The fourth-order valence-electron chi connectivity index (χ4n) is 4.66. The first kappa shape index (κ1) is 19.3. The van der Waals surface area contributed by atoms with Gasteiger partial charge in [0.2, 0.25) is 0 Å². The summed E-state index contributed by atoms with van der Waals surface area (Å²) in [6.07, 6.45) is 6.02. The molecule has 1 aromatic heterocycles. The van der Waals surface area contributed by atoms with Crippen molar-refractivity contribution in [2.45, 2.75) is 52.0 Å². The lowest BCUT2D eigenvalue weighted by Crippen LogP contribution is -2.28. The van der Waals surface area contributed by atoms with Crippen molar-refractivity contribution in [1.82, 2.24) is 4.98 Å². The van der Waals surface area contributed by atoms with E-state index in [1.165, 1.54) is 36.1 Å². The number of thiazole rings is 1. The summed E-state index contributed by atoms with van der Waals surface area (Å²) < 4.78 is 0. The van der Waals surface area contributed by atoms with Gasteiger partial charge < -0.3 is 10.2 Å². The van der Waals surface area contributed by atoms with Crippen molar-refractivity contribution < 1.29 is 4.79 Å². The van der Waals surface area contributed by atoms with Gasteiger partial charge in [0, 0.05) is 34.3 Å². The molecule has 0 bridgehead atoms. The SMILES string of the molecule is Cc1cccc(C(=O)N2CCc3cc(-c4nc(NC5CCCC5)sc4C)ccc32)c1. The third-order valence-electron chi connectivity index (χ3n) is 6.24. The maximum absolute atomic E-state index is 13.0. The van der Waals surface area contributed by atoms with Crippen molar-refractivity contribution in [3.63, 3.8) is 0 Å². The Kier molecular flexibility index (Phi) is 5.07. The van der Waals surface area contributed by atoms with E-state index < -0.39 is 0 Å². The third-order valence-corrected chi connectivity index (χ3v) is 7.14. The molecule has 4 nitrogen and oxygen atoms in total. The van der Waals surface area contributed by atoms with Gasteiger partial charge in [0.05, 0.1) is 5.69 Å². The average Bonchev–Trinajstić information content (AvgIpc) is 3.47. The summed E-state index contributed by atoms with van der Waals surface area (Å²) in [6, 6.07) is 14.8. The highest BCUT2D eigenvalue weighted by Crippen LogP contribution is 2.37. The molecule has 5 heteroatoms. The summed E-state index contributed by atoms with van der Waals surface area (Å²) in [4.78, 5) is 21.1. The number of anilines is 2. The predicted octanol–water partition coefficient (Wildman–Crippen LogP) is 5.98. The summed E-state index contributed by atoms with van der Waals surface area (Å²) in [6.45, 7) is 4.90. The fourth-order valence-corrected chi connectivity index (χ4v) is 5.58. The number of carbonyl (C=O) groups is 1. The molecule has 0 atom stereocenters. The van der Waals surface area contributed by atoms with Crippen LogP contribution in [-0.2, 0) is 6.42 Å². The molecule has 154 valence electrons. The van der Waals surface area contributed by atoms with E-state index in [0.29, 0.717) is 6.04 Å². The van der Waals surface area contributed by atoms with Gasteiger partial charge in [-0.25, -0.2) is 4.98 Å². The van der Waals surface area contributed by atoms with Crippen molar-refractivity contribution in [1.29, 1.82) is 0 Å². The molecule has 1 aliphatic carbocycles. The number of amides is 1. The number of hydrogen-bond acceptors (Lipinski definition) is 4. The second-order valence-electron chi connectivity index (χ2n) is 8.47. The molecule has 1 aliphatic heterocycles. The van der Waals surface area contributed by atoms with E-state index in [1.807, 2.05) is 36.1 Å². The molecule has 1 amide bonds. The van der Waals surface area contributed by atoms with Crippen LogP contribution >= 0.6 is 11.3 Å². The van der Waals surface area contributed by atoms with Crippen LogP contribution in [0.1, 0.15) is 52.0 Å². The van der Waals surface area contributed by atoms with E-state index in [-0.39, 0.29) is 5.91 Å². The Hall–Kier alpha value is -2.66. The van der Waals surface area contributed by atoms with E-state index in [4.69, 9.17) is 4.98 Å². The van der Waals surface area contributed by atoms with Crippen LogP contribution in [0, 0.1) is 13.8 Å². The number of fused-ring (bicyclic) bond motifs is 1. The van der Waals surface area contributed by atoms with Crippen LogP contribution < -0.4 is 10.2 Å². The normalized spacial score (nSPS) is 16.1. The van der Waals surface area contributed by atoms with Gasteiger partial charge in [-0.3, -0.25) is 4.79 Å². The Balaban J connectivity index is 1.39. The molecular formula is C25H27N3OS. The molecule has 0 radical (unpaired) electrons. The van der Waals surface area contributed by atoms with Gasteiger partial charge in [-0.2, -0.15) is 0 Å². The minimum absolute atomic E-state index is 0.0816. The Morgan fingerprint density at radius 2 is 1.97 bits per heavy atom. The van der Waals surface area contributed by atoms with E-state index in [0.717, 1.165) is 46.2 Å². The van der Waals surface area contributed by atoms with Gasteiger partial charge in [-0.1, -0.05) is 36.6 Å². The standard InChI is InChI=1S/C25H27N3OS/c1-16-6-5-7-20(14-16)24(29)28-13-12-18-15-19(10-11-22(18)28)23-17(2)30-25(27-23)26-21-8-3-4-9-21/h5-7,10-11,14-15,21H,3-4,8-9,12-13H2,1-2H3,(H,26,27). The average molecular weight is 418 g/mol. The van der Waals surface area contributed by atoms with Crippen molar-refractivity contribution in [3.8, 4) is 11.3 Å². The van der Waals surface area contributed by atoms with Crippen LogP contribution in [-0.4, -0.2) is 23.5 Å². The molecule has 5 rings (SSSR count). The second kappa shape index (κ2) is 7.88. The topological polar surface area (TPSA) is 45.2 Å². The summed E-state index contributed by atoms with van der Waals surface area (Å²) in [5.74, 6) is 0.0816. The van der Waals surface area contributed by atoms with Crippen LogP contribution in [0.4, 0.5) is 10.8 Å². The minimum atomic E-state index is 0.0816. The Bertz CT molecular complexity index is 1100. The Morgan fingerprint density at radius 3 is 2.77 bits per heavy atom. The van der Waals surface area contributed by atoms with Crippen molar-refractivity contribution in [2.24, 2.45) is 0 Å². The van der Waals surface area contributed by atoms with Gasteiger partial charge in [0.1, 0.15) is 0 Å². The van der Waals surface area contributed by atoms with Crippen LogP contribution in [0.5, 0.6) is 0 Å². The number of hydrogen-bond donors (Lipinski definition) is 1. The molecule has 1 saturated carbocycles. The number of nitrogens with zero attached hydrogens (tertiary/aromatic N) is 2. The van der Waals surface area contributed by atoms with Gasteiger partial charge in [0.25, 0.3) is 5.91 Å². The van der Waals surface area contributed by atoms with E-state index in [1.54, 1.807) is 11.3 Å². The lowest BCUT2D eigenvalue weighted by Gasteiger charge is -2.18. The van der Waals surface area contributed by atoms with Crippen LogP contribution in [0.3, 0.4) is 0 Å². The van der Waals surface area contributed by atoms with Gasteiger partial charge in [-0.15, -0.1) is 11.3 Å². The number of aromatic nitrogens is 1. The molecule has 1 fully saturated rings. The lowest BCUT2D eigenvalue weighted by molar-refractivity contribution is 0.0989. The first-order valence-corrected chi connectivity index (χ1v) is 11.7. The summed E-state index contributed by atoms with van der Waals surface area (Å²) in [7, 11) is 0. The maximum Gasteiger partial charge on any atom is 0.258 e. The van der Waals surface area contributed by atoms with Crippen LogP contribution in [0.25, 0.3) is 11.3 Å². The summed E-state index contributed by atoms with van der Waals surface area (Å²) in [5.41, 5.74) is 6.33. The molecule has 3 aromatic rings. The highest BCUT2D eigenvalue weighted by molar-refractivity contribution is 7.16. The first-order valence-electron chi connectivity index (χ1n) is 10.8. The summed E-state index contributed by atoms with van der Waals surface area (Å²) >= 11 is 1.75. The van der Waals surface area contributed by atoms with E-state index >= 15 is 0 Å². The quantitative estimate of drug-likeness (QED) is 0.567. The largest absolute Gasteiger partial charge is 0.359 e. The van der Waals surface area contributed by atoms with Crippen molar-refractivity contribution in [3.05, 3.63) is 64.0 Å². The monoisotopic (exact) mass is 417 g/mol. The zero-order chi connectivity index (χ0) is 20.7. The van der Waals surface area contributed by atoms with E-state index in [2.05, 4.69) is 30.4 Å². The predicted molar refractivity (Wildman–Crippen MR) is 125 cm³/mol. The molecule has 0 unspecified atom stereocenters. The maximum atomic E-state index is 13.0. The van der Waals surface area contributed by atoms with Gasteiger partial charge >= 0.3 is 0 Å². The molecule has 2 aliphatic rings.